The van der Waals surface area contributed by atoms with Gasteiger partial charge in [0.25, 0.3) is 0 Å². The Kier molecular flexibility index (Phi) is 3.83. The summed E-state index contributed by atoms with van der Waals surface area (Å²) in [6.45, 7) is 4.03. The molecule has 1 N–H and O–H groups in total. The second-order valence-electron chi connectivity index (χ2n) is 4.76. The topological polar surface area (TPSA) is 24.5 Å². The third kappa shape index (κ3) is 2.91. The first-order valence-corrected chi connectivity index (χ1v) is 6.81. The van der Waals surface area contributed by atoms with Gasteiger partial charge in [-0.15, -0.1) is 0 Å². The van der Waals surface area contributed by atoms with Crippen molar-refractivity contribution in [3.8, 4) is 11.5 Å². The predicted octanol–water partition coefficient (Wildman–Crippen LogP) is 3.03. The third-order valence-corrected chi connectivity index (χ3v) is 3.38. The zero-order valence-electron chi connectivity index (χ0n) is 11.2. The summed E-state index contributed by atoms with van der Waals surface area (Å²) in [6, 6.07) is 14.2. The van der Waals surface area contributed by atoms with Crippen LogP contribution in [0.5, 0.6) is 11.5 Å². The van der Waals surface area contributed by atoms with Gasteiger partial charge in [0.1, 0.15) is 5.75 Å². The van der Waals surface area contributed by atoms with Crippen molar-refractivity contribution in [2.75, 3.05) is 31.1 Å². The van der Waals surface area contributed by atoms with Crippen molar-refractivity contribution in [3.63, 3.8) is 0 Å². The molecule has 0 saturated carbocycles. The molecule has 0 atom stereocenters. The number of nitrogens with one attached hydrogen (secondary N) is 1. The van der Waals surface area contributed by atoms with Crippen molar-refractivity contribution in [1.82, 2.24) is 5.32 Å². The van der Waals surface area contributed by atoms with Crippen LogP contribution in [-0.4, -0.2) is 26.2 Å². The fourth-order valence-electron chi connectivity index (χ4n) is 2.30. The summed E-state index contributed by atoms with van der Waals surface area (Å²) in [6.07, 6.45) is 0. The number of halogens is 1. The molecular formula is C16H17FN2O. The molecule has 0 bridgehead atoms. The lowest BCUT2D eigenvalue weighted by molar-refractivity contribution is 0.442. The van der Waals surface area contributed by atoms with E-state index in [1.165, 1.54) is 11.8 Å². The molecule has 104 valence electrons. The smallest absolute Gasteiger partial charge is 0.165 e. The SMILES string of the molecule is Fc1ccccc1Oc1ccc(N2CCNCC2)cc1. The highest BCUT2D eigenvalue weighted by atomic mass is 19.1. The lowest BCUT2D eigenvalue weighted by Crippen LogP contribution is -2.43. The summed E-state index contributed by atoms with van der Waals surface area (Å²) in [5.74, 6) is 0.551. The largest absolute Gasteiger partial charge is 0.454 e. The molecule has 0 aliphatic carbocycles. The number of anilines is 1. The van der Waals surface area contributed by atoms with Crippen LogP contribution in [0, 0.1) is 5.82 Å². The van der Waals surface area contributed by atoms with Crippen LogP contribution in [0.2, 0.25) is 0 Å². The van der Waals surface area contributed by atoms with Crippen LogP contribution in [0.4, 0.5) is 10.1 Å². The van der Waals surface area contributed by atoms with Gasteiger partial charge in [0.2, 0.25) is 0 Å². The molecule has 2 aromatic carbocycles. The Morgan fingerprint density at radius 3 is 2.35 bits per heavy atom. The first-order chi connectivity index (χ1) is 9.83. The third-order valence-electron chi connectivity index (χ3n) is 3.38. The van der Waals surface area contributed by atoms with Crippen LogP contribution >= 0.6 is 0 Å². The van der Waals surface area contributed by atoms with Crippen molar-refractivity contribution in [2.24, 2.45) is 0 Å². The first kappa shape index (κ1) is 12.9. The fraction of sp³-hybridized carbons (Fsp3) is 0.250. The van der Waals surface area contributed by atoms with Crippen LogP contribution in [0.3, 0.4) is 0 Å². The van der Waals surface area contributed by atoms with E-state index >= 15 is 0 Å². The number of hydrogen-bond acceptors (Lipinski definition) is 3. The Bertz CT molecular complexity index is 565. The van der Waals surface area contributed by atoms with Gasteiger partial charge in [-0.1, -0.05) is 12.1 Å². The van der Waals surface area contributed by atoms with E-state index in [-0.39, 0.29) is 11.6 Å². The summed E-state index contributed by atoms with van der Waals surface area (Å²) in [7, 11) is 0. The van der Waals surface area contributed by atoms with Gasteiger partial charge in [0.15, 0.2) is 11.6 Å². The van der Waals surface area contributed by atoms with E-state index in [0.29, 0.717) is 5.75 Å². The van der Waals surface area contributed by atoms with Crippen molar-refractivity contribution >= 4 is 5.69 Å². The van der Waals surface area contributed by atoms with Gasteiger partial charge in [0, 0.05) is 31.9 Å². The number of hydrogen-bond donors (Lipinski definition) is 1. The summed E-state index contributed by atoms with van der Waals surface area (Å²) in [4.78, 5) is 2.32. The maximum Gasteiger partial charge on any atom is 0.165 e. The van der Waals surface area contributed by atoms with Crippen molar-refractivity contribution in [2.45, 2.75) is 0 Å². The normalized spacial score (nSPS) is 15.2. The maximum absolute atomic E-state index is 13.5. The van der Waals surface area contributed by atoms with Gasteiger partial charge < -0.3 is 15.0 Å². The minimum atomic E-state index is -0.348. The average molecular weight is 272 g/mol. The highest BCUT2D eigenvalue weighted by molar-refractivity contribution is 5.50. The maximum atomic E-state index is 13.5. The monoisotopic (exact) mass is 272 g/mol. The molecule has 3 nitrogen and oxygen atoms in total. The summed E-state index contributed by atoms with van der Waals surface area (Å²) >= 11 is 0. The molecule has 0 spiro atoms. The molecule has 2 aromatic rings. The second kappa shape index (κ2) is 5.92. The first-order valence-electron chi connectivity index (χ1n) is 6.81. The van der Waals surface area contributed by atoms with Gasteiger partial charge >= 0.3 is 0 Å². The predicted molar refractivity (Wildman–Crippen MR) is 78.0 cm³/mol. The Morgan fingerprint density at radius 1 is 0.950 bits per heavy atom. The van der Waals surface area contributed by atoms with Gasteiger partial charge in [0.05, 0.1) is 0 Å². The van der Waals surface area contributed by atoms with Gasteiger partial charge in [-0.3, -0.25) is 0 Å². The number of piperazine rings is 1. The van der Waals surface area contributed by atoms with E-state index in [0.717, 1.165) is 26.2 Å². The zero-order chi connectivity index (χ0) is 13.8. The molecule has 20 heavy (non-hydrogen) atoms. The van der Waals surface area contributed by atoms with Gasteiger partial charge in [-0.25, -0.2) is 4.39 Å². The van der Waals surface area contributed by atoms with E-state index in [4.69, 9.17) is 4.74 Å². The van der Waals surface area contributed by atoms with Crippen LogP contribution < -0.4 is 15.0 Å². The molecule has 4 heteroatoms. The minimum Gasteiger partial charge on any atom is -0.454 e. The molecule has 0 amide bonds. The van der Waals surface area contributed by atoms with Crippen LogP contribution in [0.15, 0.2) is 48.5 Å². The van der Waals surface area contributed by atoms with Gasteiger partial charge in [-0.2, -0.15) is 0 Å². The van der Waals surface area contributed by atoms with Crippen molar-refractivity contribution in [1.29, 1.82) is 0 Å². The van der Waals surface area contributed by atoms with E-state index in [1.54, 1.807) is 18.2 Å². The molecule has 3 rings (SSSR count). The number of para-hydroxylation sites is 1. The Labute approximate surface area is 118 Å². The lowest BCUT2D eigenvalue weighted by Gasteiger charge is -2.29. The molecule has 1 aliphatic heterocycles. The number of rotatable bonds is 3. The molecule has 1 heterocycles. The molecule has 0 unspecified atom stereocenters. The standard InChI is InChI=1S/C16H17FN2O/c17-15-3-1-2-4-16(15)20-14-7-5-13(6-8-14)19-11-9-18-10-12-19/h1-8,18H,9-12H2. The molecule has 1 fully saturated rings. The highest BCUT2D eigenvalue weighted by Crippen LogP contribution is 2.26. The molecule has 0 radical (unpaired) electrons. The molecular weight excluding hydrogens is 255 g/mol. The Hall–Kier alpha value is -2.07. The average Bonchev–Trinajstić information content (AvgIpc) is 2.51. The van der Waals surface area contributed by atoms with E-state index in [2.05, 4.69) is 10.2 Å². The van der Waals surface area contributed by atoms with Crippen LogP contribution in [-0.2, 0) is 0 Å². The summed E-state index contributed by atoms with van der Waals surface area (Å²) in [5, 5.41) is 3.33. The van der Waals surface area contributed by atoms with Crippen molar-refractivity contribution in [3.05, 3.63) is 54.3 Å². The van der Waals surface area contributed by atoms with E-state index in [9.17, 15) is 4.39 Å². The van der Waals surface area contributed by atoms with E-state index in [1.807, 2.05) is 24.3 Å². The number of nitrogens with zero attached hydrogens (tertiary/aromatic N) is 1. The number of ether oxygens (including phenoxy) is 1. The number of benzene rings is 2. The summed E-state index contributed by atoms with van der Waals surface area (Å²) in [5.41, 5.74) is 1.17. The summed E-state index contributed by atoms with van der Waals surface area (Å²) < 4.78 is 19.1. The molecule has 0 aromatic heterocycles. The zero-order valence-corrected chi connectivity index (χ0v) is 11.2. The van der Waals surface area contributed by atoms with Crippen molar-refractivity contribution < 1.29 is 9.13 Å². The molecule has 1 aliphatic rings. The fourth-order valence-corrected chi connectivity index (χ4v) is 2.30. The van der Waals surface area contributed by atoms with Crippen LogP contribution in [0.1, 0.15) is 0 Å². The molecule has 1 saturated heterocycles. The quantitative estimate of drug-likeness (QED) is 0.929. The second-order valence-corrected chi connectivity index (χ2v) is 4.76. The Morgan fingerprint density at radius 2 is 1.65 bits per heavy atom. The van der Waals surface area contributed by atoms with Crippen LogP contribution in [0.25, 0.3) is 0 Å². The minimum absolute atomic E-state index is 0.252. The Balaban J connectivity index is 1.71. The highest BCUT2D eigenvalue weighted by Gasteiger charge is 2.10. The van der Waals surface area contributed by atoms with E-state index < -0.39 is 0 Å². The lowest BCUT2D eigenvalue weighted by atomic mass is 10.2. The van der Waals surface area contributed by atoms with Gasteiger partial charge in [-0.05, 0) is 36.4 Å².